The third kappa shape index (κ3) is 5.63. The van der Waals surface area contributed by atoms with Crippen LogP contribution in [0.5, 0.6) is 0 Å². The Morgan fingerprint density at radius 3 is 2.53 bits per heavy atom. The molecule has 0 spiro atoms. The maximum absolute atomic E-state index is 12.9. The summed E-state index contributed by atoms with van der Waals surface area (Å²) in [7, 11) is -2.37. The zero-order valence-corrected chi connectivity index (χ0v) is 19.3. The van der Waals surface area contributed by atoms with E-state index >= 15 is 0 Å². The maximum atomic E-state index is 12.9. The summed E-state index contributed by atoms with van der Waals surface area (Å²) in [5.74, 6) is -0.378. The van der Waals surface area contributed by atoms with Gasteiger partial charge in [0.1, 0.15) is 0 Å². The minimum atomic E-state index is -3.71. The number of carbonyl (C=O) groups is 1. The van der Waals surface area contributed by atoms with Crippen molar-refractivity contribution in [3.05, 3.63) is 69.9 Å². The number of anilines is 2. The lowest BCUT2D eigenvalue weighted by Crippen LogP contribution is -2.20. The van der Waals surface area contributed by atoms with Gasteiger partial charge in [-0.2, -0.15) is 0 Å². The number of hydrogen-bond acceptors (Lipinski definition) is 6. The summed E-state index contributed by atoms with van der Waals surface area (Å²) >= 11 is 3.24. The molecule has 1 heterocycles. The second kappa shape index (κ2) is 9.65. The third-order valence-corrected chi connectivity index (χ3v) is 7.46. The quantitative estimate of drug-likeness (QED) is 0.428. The predicted octanol–water partition coefficient (Wildman–Crippen LogP) is 4.55. The predicted molar refractivity (Wildman–Crippen MR) is 125 cm³/mol. The van der Waals surface area contributed by atoms with E-state index in [0.29, 0.717) is 17.9 Å². The highest BCUT2D eigenvalue weighted by molar-refractivity contribution is 7.98. The number of sulfonamides is 1. The smallest absolute Gasteiger partial charge is 0.255 e. The molecule has 2 aromatic carbocycles. The molecule has 0 unspecified atom stereocenters. The molecule has 0 saturated carbocycles. The molecule has 0 atom stereocenters. The van der Waals surface area contributed by atoms with E-state index in [-0.39, 0.29) is 16.4 Å². The van der Waals surface area contributed by atoms with Gasteiger partial charge in [0.05, 0.1) is 4.90 Å². The molecular weight excluding hydrogens is 438 g/mol. The third-order valence-electron chi connectivity index (χ3n) is 4.34. The van der Waals surface area contributed by atoms with E-state index in [0.717, 1.165) is 9.77 Å². The van der Waals surface area contributed by atoms with Gasteiger partial charge in [-0.15, -0.1) is 23.1 Å². The number of benzene rings is 2. The van der Waals surface area contributed by atoms with E-state index in [9.17, 15) is 13.2 Å². The van der Waals surface area contributed by atoms with Crippen LogP contribution in [0.3, 0.4) is 0 Å². The Morgan fingerprint density at radius 2 is 1.87 bits per heavy atom. The summed E-state index contributed by atoms with van der Waals surface area (Å²) in [6, 6.07) is 16.1. The molecule has 1 amide bonds. The second-order valence-electron chi connectivity index (χ2n) is 6.51. The van der Waals surface area contributed by atoms with E-state index in [1.165, 1.54) is 24.1 Å². The van der Waals surface area contributed by atoms with Gasteiger partial charge in [-0.1, -0.05) is 6.07 Å². The average Bonchev–Trinajstić information content (AvgIpc) is 3.17. The minimum absolute atomic E-state index is 0.0281. The lowest BCUT2D eigenvalue weighted by molar-refractivity contribution is 0.102. The Hall–Kier alpha value is -2.33. The zero-order valence-electron chi connectivity index (χ0n) is 16.9. The van der Waals surface area contributed by atoms with E-state index < -0.39 is 10.0 Å². The lowest BCUT2D eigenvalue weighted by atomic mass is 10.1. The van der Waals surface area contributed by atoms with Crippen molar-refractivity contribution in [1.29, 1.82) is 0 Å². The second-order valence-corrected chi connectivity index (χ2v) is 10.6. The van der Waals surface area contributed by atoms with Gasteiger partial charge in [0, 0.05) is 38.1 Å². The molecular formula is C21H23N3O3S3. The Balaban J connectivity index is 1.89. The van der Waals surface area contributed by atoms with Crippen LogP contribution >= 0.6 is 23.1 Å². The first kappa shape index (κ1) is 22.4. The largest absolute Gasteiger partial charge is 0.380 e. The van der Waals surface area contributed by atoms with Gasteiger partial charge in [0.2, 0.25) is 10.0 Å². The zero-order chi connectivity index (χ0) is 21.7. The van der Waals surface area contributed by atoms with Gasteiger partial charge in [0.15, 0.2) is 0 Å². The maximum Gasteiger partial charge on any atom is 0.255 e. The number of aryl methyl sites for hydroxylation is 1. The normalized spacial score (nSPS) is 11.3. The number of carbonyl (C=O) groups excluding carboxylic acids is 1. The highest BCUT2D eigenvalue weighted by Crippen LogP contribution is 2.24. The van der Waals surface area contributed by atoms with E-state index in [4.69, 9.17) is 0 Å². The molecule has 3 N–H and O–H groups in total. The molecule has 6 nitrogen and oxygen atoms in total. The molecule has 3 aromatic rings. The minimum Gasteiger partial charge on any atom is -0.380 e. The standard InChI is InChI=1S/C21H23N3O3S3/c1-14-7-8-19(29-14)13-23-17-9-15(10-20(12-17)30(26,27)22-2)21(25)24-16-5-4-6-18(11-16)28-3/h4-12,22-23H,13H2,1-3H3,(H,24,25). The summed E-state index contributed by atoms with van der Waals surface area (Å²) in [4.78, 5) is 16.2. The highest BCUT2D eigenvalue weighted by Gasteiger charge is 2.17. The van der Waals surface area contributed by atoms with Crippen LogP contribution in [0, 0.1) is 6.92 Å². The van der Waals surface area contributed by atoms with Crippen molar-refractivity contribution < 1.29 is 13.2 Å². The first-order valence-electron chi connectivity index (χ1n) is 9.14. The average molecular weight is 462 g/mol. The van der Waals surface area contributed by atoms with Crippen LogP contribution in [0.2, 0.25) is 0 Å². The topological polar surface area (TPSA) is 87.3 Å². The fourth-order valence-corrected chi connectivity index (χ4v) is 4.87. The molecule has 0 aliphatic carbocycles. The van der Waals surface area contributed by atoms with Crippen molar-refractivity contribution >= 4 is 50.4 Å². The fourth-order valence-electron chi connectivity index (χ4n) is 2.78. The SMILES string of the molecule is CNS(=O)(=O)c1cc(NCc2ccc(C)s2)cc(C(=O)Nc2cccc(SC)c2)c1. The lowest BCUT2D eigenvalue weighted by Gasteiger charge is -2.12. The van der Waals surface area contributed by atoms with Crippen molar-refractivity contribution in [3.8, 4) is 0 Å². The van der Waals surface area contributed by atoms with Crippen molar-refractivity contribution in [2.45, 2.75) is 23.3 Å². The van der Waals surface area contributed by atoms with Gasteiger partial charge in [0.25, 0.3) is 5.91 Å². The molecule has 9 heteroatoms. The summed E-state index contributed by atoms with van der Waals surface area (Å²) in [6.07, 6.45) is 1.96. The summed E-state index contributed by atoms with van der Waals surface area (Å²) in [5, 5.41) is 6.06. The van der Waals surface area contributed by atoms with Crippen molar-refractivity contribution in [3.63, 3.8) is 0 Å². The monoisotopic (exact) mass is 461 g/mol. The number of hydrogen-bond donors (Lipinski definition) is 3. The first-order chi connectivity index (χ1) is 14.3. The van der Waals surface area contributed by atoms with E-state index in [2.05, 4.69) is 15.4 Å². The number of amides is 1. The molecule has 0 bridgehead atoms. The van der Waals surface area contributed by atoms with E-state index in [1.807, 2.05) is 43.5 Å². The van der Waals surface area contributed by atoms with Crippen LogP contribution in [0.15, 0.2) is 64.4 Å². The van der Waals surface area contributed by atoms with Crippen LogP contribution in [0.25, 0.3) is 0 Å². The summed E-state index contributed by atoms with van der Waals surface area (Å²) in [5.41, 5.74) is 1.46. The van der Waals surface area contributed by atoms with Gasteiger partial charge in [-0.25, -0.2) is 13.1 Å². The Kier molecular flexibility index (Phi) is 7.19. The number of nitrogens with one attached hydrogen (secondary N) is 3. The van der Waals surface area contributed by atoms with Crippen molar-refractivity contribution in [2.24, 2.45) is 0 Å². The van der Waals surface area contributed by atoms with Crippen LogP contribution in [0.4, 0.5) is 11.4 Å². The van der Waals surface area contributed by atoms with Crippen LogP contribution in [-0.2, 0) is 16.6 Å². The molecule has 0 aliphatic rings. The molecule has 158 valence electrons. The molecule has 0 aliphatic heterocycles. The Morgan fingerprint density at radius 1 is 1.07 bits per heavy atom. The summed E-state index contributed by atoms with van der Waals surface area (Å²) in [6.45, 7) is 2.57. The fraction of sp³-hybridized carbons (Fsp3) is 0.190. The number of thiophene rings is 1. The van der Waals surface area contributed by atoms with Crippen molar-refractivity contribution in [2.75, 3.05) is 23.9 Å². The summed E-state index contributed by atoms with van der Waals surface area (Å²) < 4.78 is 27.1. The molecule has 3 rings (SSSR count). The van der Waals surface area contributed by atoms with E-state index in [1.54, 1.807) is 35.2 Å². The van der Waals surface area contributed by atoms with Gasteiger partial charge < -0.3 is 10.6 Å². The van der Waals surface area contributed by atoms with Crippen LogP contribution in [-0.4, -0.2) is 27.6 Å². The van der Waals surface area contributed by atoms with Crippen LogP contribution in [0.1, 0.15) is 20.1 Å². The number of thioether (sulfide) groups is 1. The molecule has 0 fully saturated rings. The Bertz CT molecular complexity index is 1160. The van der Waals surface area contributed by atoms with Crippen molar-refractivity contribution in [1.82, 2.24) is 4.72 Å². The highest BCUT2D eigenvalue weighted by atomic mass is 32.2. The first-order valence-corrected chi connectivity index (χ1v) is 12.7. The molecule has 0 radical (unpaired) electrons. The molecule has 30 heavy (non-hydrogen) atoms. The molecule has 1 aromatic heterocycles. The van der Waals surface area contributed by atoms with Gasteiger partial charge >= 0.3 is 0 Å². The van der Waals surface area contributed by atoms with Gasteiger partial charge in [-0.05, 0) is 68.8 Å². The Labute approximate surface area is 185 Å². The van der Waals surface area contributed by atoms with Gasteiger partial charge in [-0.3, -0.25) is 4.79 Å². The van der Waals surface area contributed by atoms with Crippen LogP contribution < -0.4 is 15.4 Å². The number of rotatable bonds is 8. The molecule has 0 saturated heterocycles.